The molecule has 0 spiro atoms. The van der Waals surface area contributed by atoms with Crippen LogP contribution in [0.2, 0.25) is 4.34 Å². The lowest BCUT2D eigenvalue weighted by Crippen LogP contribution is -2.11. The molecule has 1 heterocycles. The van der Waals surface area contributed by atoms with E-state index in [1.165, 1.54) is 16.9 Å². The fraction of sp³-hybridized carbons (Fsp3) is 0.231. The van der Waals surface area contributed by atoms with Crippen molar-refractivity contribution in [2.24, 2.45) is 5.73 Å². The van der Waals surface area contributed by atoms with Crippen LogP contribution in [0.5, 0.6) is 5.75 Å². The van der Waals surface area contributed by atoms with Crippen molar-refractivity contribution in [1.82, 2.24) is 0 Å². The van der Waals surface area contributed by atoms with Crippen molar-refractivity contribution < 1.29 is 4.74 Å². The fourth-order valence-corrected chi connectivity index (χ4v) is 3.40. The minimum absolute atomic E-state index is 0.0350. The molecule has 2 aromatic rings. The Morgan fingerprint density at radius 2 is 2.06 bits per heavy atom. The molecule has 0 saturated heterocycles. The first-order valence-electron chi connectivity index (χ1n) is 5.43. The molecule has 1 aromatic carbocycles. The zero-order chi connectivity index (χ0) is 13.1. The Hall–Kier alpha value is -0.550. The molecule has 2 rings (SSSR count). The van der Waals surface area contributed by atoms with Crippen molar-refractivity contribution in [3.05, 3.63) is 49.6 Å². The lowest BCUT2D eigenvalue weighted by molar-refractivity contribution is 0.414. The van der Waals surface area contributed by atoms with E-state index in [0.717, 1.165) is 25.9 Å². The molecule has 2 N–H and O–H groups in total. The normalized spacial score (nSPS) is 12.4. The third kappa shape index (κ3) is 3.26. The first-order valence-corrected chi connectivity index (χ1v) is 7.42. The van der Waals surface area contributed by atoms with Crippen molar-refractivity contribution in [3.8, 4) is 5.75 Å². The van der Waals surface area contributed by atoms with Crippen LogP contribution in [0.15, 0.2) is 34.8 Å². The fourth-order valence-electron chi connectivity index (χ4n) is 1.66. The lowest BCUT2D eigenvalue weighted by Gasteiger charge is -2.10. The molecule has 0 amide bonds. The van der Waals surface area contributed by atoms with Crippen molar-refractivity contribution >= 4 is 38.9 Å². The number of thiophene rings is 1. The van der Waals surface area contributed by atoms with Gasteiger partial charge in [0.1, 0.15) is 10.1 Å². The maximum atomic E-state index is 6.18. The van der Waals surface area contributed by atoms with Crippen LogP contribution in [0.25, 0.3) is 0 Å². The van der Waals surface area contributed by atoms with E-state index in [4.69, 9.17) is 22.1 Å². The van der Waals surface area contributed by atoms with Gasteiger partial charge in [0, 0.05) is 15.4 Å². The number of rotatable bonds is 4. The number of hydrogen-bond acceptors (Lipinski definition) is 3. The summed E-state index contributed by atoms with van der Waals surface area (Å²) in [5.41, 5.74) is 7.36. The first kappa shape index (κ1) is 13.9. The first-order chi connectivity index (χ1) is 8.60. The smallest absolute Gasteiger partial charge is 0.118 e. The van der Waals surface area contributed by atoms with E-state index in [-0.39, 0.29) is 6.04 Å². The van der Waals surface area contributed by atoms with E-state index in [1.54, 1.807) is 7.11 Å². The Kier molecular flexibility index (Phi) is 4.67. The predicted molar refractivity (Wildman–Crippen MR) is 80.7 cm³/mol. The van der Waals surface area contributed by atoms with Crippen LogP contribution < -0.4 is 10.5 Å². The van der Waals surface area contributed by atoms with Crippen LogP contribution in [0.3, 0.4) is 0 Å². The molecule has 18 heavy (non-hydrogen) atoms. The number of nitrogens with two attached hydrogens (primary N) is 1. The number of ether oxygens (including phenoxy) is 1. The van der Waals surface area contributed by atoms with Gasteiger partial charge in [-0.15, -0.1) is 11.3 Å². The monoisotopic (exact) mass is 345 g/mol. The van der Waals surface area contributed by atoms with Crippen LogP contribution in [0.1, 0.15) is 16.5 Å². The minimum Gasteiger partial charge on any atom is -0.497 e. The zero-order valence-electron chi connectivity index (χ0n) is 9.82. The molecule has 0 fully saturated rings. The number of halogens is 2. The van der Waals surface area contributed by atoms with Crippen molar-refractivity contribution in [2.45, 2.75) is 12.5 Å². The second-order valence-electron chi connectivity index (χ2n) is 3.93. The van der Waals surface area contributed by atoms with Gasteiger partial charge in [0.25, 0.3) is 0 Å². The van der Waals surface area contributed by atoms with Crippen LogP contribution in [0, 0.1) is 0 Å². The zero-order valence-corrected chi connectivity index (χ0v) is 13.0. The summed E-state index contributed by atoms with van der Waals surface area (Å²) < 4.78 is 6.78. The van der Waals surface area contributed by atoms with Gasteiger partial charge in [0.2, 0.25) is 0 Å². The van der Waals surface area contributed by atoms with Crippen LogP contribution in [-0.4, -0.2) is 7.11 Å². The number of methoxy groups -OCH3 is 1. The van der Waals surface area contributed by atoms with Gasteiger partial charge in [-0.25, -0.2) is 0 Å². The average Bonchev–Trinajstić information content (AvgIpc) is 2.71. The quantitative estimate of drug-likeness (QED) is 0.889. The highest BCUT2D eigenvalue weighted by molar-refractivity contribution is 9.10. The molecule has 1 unspecified atom stereocenters. The van der Waals surface area contributed by atoms with Gasteiger partial charge in [0.05, 0.1) is 7.11 Å². The summed E-state index contributed by atoms with van der Waals surface area (Å²) in [6.45, 7) is 0. The largest absolute Gasteiger partial charge is 0.497 e. The Bertz CT molecular complexity index is 507. The Morgan fingerprint density at radius 3 is 2.56 bits per heavy atom. The van der Waals surface area contributed by atoms with E-state index in [1.807, 2.05) is 30.3 Å². The molecule has 5 heteroatoms. The SMILES string of the molecule is COc1ccc(CC(N)c2cc(Br)c(Cl)s2)cc1. The van der Waals surface area contributed by atoms with Crippen LogP contribution in [-0.2, 0) is 6.42 Å². The summed E-state index contributed by atoms with van der Waals surface area (Å²) in [7, 11) is 1.66. The van der Waals surface area contributed by atoms with Crippen molar-refractivity contribution in [2.75, 3.05) is 7.11 Å². The predicted octanol–water partition coefficient (Wildman–Crippen LogP) is 4.42. The highest BCUT2D eigenvalue weighted by Gasteiger charge is 2.12. The lowest BCUT2D eigenvalue weighted by atomic mass is 10.1. The van der Waals surface area contributed by atoms with Gasteiger partial charge >= 0.3 is 0 Å². The topological polar surface area (TPSA) is 35.2 Å². The van der Waals surface area contributed by atoms with Crippen LogP contribution >= 0.6 is 38.9 Å². The van der Waals surface area contributed by atoms with Crippen molar-refractivity contribution in [3.63, 3.8) is 0 Å². The van der Waals surface area contributed by atoms with Gasteiger partial charge in [-0.05, 0) is 46.1 Å². The molecule has 0 aliphatic rings. The standard InChI is InChI=1S/C13H13BrClNOS/c1-17-9-4-2-8(3-5-9)6-11(16)12-7-10(14)13(15)18-12/h2-5,7,11H,6,16H2,1H3. The van der Waals surface area contributed by atoms with Gasteiger partial charge < -0.3 is 10.5 Å². The number of benzene rings is 1. The maximum Gasteiger partial charge on any atom is 0.118 e. The molecule has 1 atom stereocenters. The maximum absolute atomic E-state index is 6.18. The molecule has 1 aromatic heterocycles. The van der Waals surface area contributed by atoms with Gasteiger partial charge in [-0.3, -0.25) is 0 Å². The molecule has 0 saturated carbocycles. The highest BCUT2D eigenvalue weighted by atomic mass is 79.9. The highest BCUT2D eigenvalue weighted by Crippen LogP contribution is 2.35. The molecule has 0 aliphatic heterocycles. The van der Waals surface area contributed by atoms with Gasteiger partial charge in [0.15, 0.2) is 0 Å². The van der Waals surface area contributed by atoms with E-state index < -0.39 is 0 Å². The van der Waals surface area contributed by atoms with Crippen LogP contribution in [0.4, 0.5) is 0 Å². The van der Waals surface area contributed by atoms with E-state index in [9.17, 15) is 0 Å². The molecule has 0 bridgehead atoms. The second kappa shape index (κ2) is 6.06. The summed E-state index contributed by atoms with van der Waals surface area (Å²) in [4.78, 5) is 1.09. The molecule has 2 nitrogen and oxygen atoms in total. The van der Waals surface area contributed by atoms with Crippen molar-refractivity contribution in [1.29, 1.82) is 0 Å². The summed E-state index contributed by atoms with van der Waals surface area (Å²) >= 11 is 10.9. The summed E-state index contributed by atoms with van der Waals surface area (Å²) in [5, 5.41) is 0. The summed E-state index contributed by atoms with van der Waals surface area (Å²) in [6.07, 6.45) is 0.785. The van der Waals surface area contributed by atoms with E-state index in [2.05, 4.69) is 15.9 Å². The third-order valence-electron chi connectivity index (χ3n) is 2.64. The Labute approximate surface area is 124 Å². The summed E-state index contributed by atoms with van der Waals surface area (Å²) in [6, 6.07) is 9.90. The molecule has 0 aliphatic carbocycles. The minimum atomic E-state index is -0.0350. The summed E-state index contributed by atoms with van der Waals surface area (Å²) in [5.74, 6) is 0.856. The molecule has 0 radical (unpaired) electrons. The van der Waals surface area contributed by atoms with E-state index in [0.29, 0.717) is 0 Å². The molecular formula is C13H13BrClNOS. The molecule has 96 valence electrons. The third-order valence-corrected chi connectivity index (χ3v) is 5.25. The second-order valence-corrected chi connectivity index (χ2v) is 6.47. The van der Waals surface area contributed by atoms with Gasteiger partial charge in [-0.1, -0.05) is 23.7 Å². The Balaban J connectivity index is 2.08. The number of hydrogen-bond donors (Lipinski definition) is 1. The average molecular weight is 347 g/mol. The van der Waals surface area contributed by atoms with E-state index >= 15 is 0 Å². The molecular weight excluding hydrogens is 334 g/mol. The Morgan fingerprint density at radius 1 is 1.39 bits per heavy atom. The van der Waals surface area contributed by atoms with Gasteiger partial charge in [-0.2, -0.15) is 0 Å².